The van der Waals surface area contributed by atoms with E-state index in [4.69, 9.17) is 9.47 Å². The molecule has 136 valence electrons. The third kappa shape index (κ3) is 3.38. The second-order valence-corrected chi connectivity index (χ2v) is 7.19. The molecule has 2 aromatic rings. The lowest BCUT2D eigenvalue weighted by Crippen LogP contribution is -2.18. The average Bonchev–Trinajstić information content (AvgIpc) is 3.53. The summed E-state index contributed by atoms with van der Waals surface area (Å²) in [6.45, 7) is 1.42. The van der Waals surface area contributed by atoms with E-state index >= 15 is 0 Å². The van der Waals surface area contributed by atoms with E-state index in [1.807, 2.05) is 18.2 Å². The number of carbonyl (C=O) groups is 1. The zero-order chi connectivity index (χ0) is 18.1. The Morgan fingerprint density at radius 2 is 1.65 bits per heavy atom. The summed E-state index contributed by atoms with van der Waals surface area (Å²) in [6.07, 6.45) is 4.06. The van der Waals surface area contributed by atoms with Gasteiger partial charge in [0.1, 0.15) is 5.82 Å². The highest BCUT2D eigenvalue weighted by Gasteiger charge is 2.31. The molecule has 0 atom stereocenters. The Labute approximate surface area is 153 Å². The molecule has 0 aromatic heterocycles. The van der Waals surface area contributed by atoms with Crippen LogP contribution in [0, 0.1) is 5.82 Å². The number of ether oxygens (including phenoxy) is 2. The van der Waals surface area contributed by atoms with Crippen LogP contribution in [-0.4, -0.2) is 26.3 Å². The topological polar surface area (TPSA) is 35.5 Å². The minimum absolute atomic E-state index is 0.238. The molecule has 4 rings (SSSR count). The van der Waals surface area contributed by atoms with Crippen molar-refractivity contribution in [2.45, 2.75) is 37.5 Å². The minimum atomic E-state index is -0.279. The van der Waals surface area contributed by atoms with Crippen LogP contribution in [0.3, 0.4) is 0 Å². The number of carbonyl (C=O) groups excluding carboxylic acids is 1. The average molecular weight is 354 g/mol. The number of hydrogen-bond acceptors (Lipinski definition) is 3. The van der Waals surface area contributed by atoms with Gasteiger partial charge in [-0.25, -0.2) is 9.18 Å². The molecule has 0 spiro atoms. The quantitative estimate of drug-likeness (QED) is 0.721. The number of rotatable bonds is 4. The molecule has 0 amide bonds. The minimum Gasteiger partial charge on any atom is -0.465 e. The summed E-state index contributed by atoms with van der Waals surface area (Å²) in [6, 6.07) is 10.8. The Hall–Kier alpha value is -2.20. The Bertz CT molecular complexity index is 803. The van der Waals surface area contributed by atoms with Crippen molar-refractivity contribution in [3.8, 4) is 11.1 Å². The molecule has 26 heavy (non-hydrogen) atoms. The summed E-state index contributed by atoms with van der Waals surface area (Å²) < 4.78 is 23.9. The van der Waals surface area contributed by atoms with Gasteiger partial charge >= 0.3 is 5.97 Å². The summed E-state index contributed by atoms with van der Waals surface area (Å²) in [5, 5.41) is 0. The zero-order valence-electron chi connectivity index (χ0n) is 15.0. The smallest absolute Gasteiger partial charge is 0.338 e. The van der Waals surface area contributed by atoms with Crippen LogP contribution in [0.25, 0.3) is 11.1 Å². The fourth-order valence-corrected chi connectivity index (χ4v) is 3.88. The number of hydrogen-bond donors (Lipinski definition) is 0. The second-order valence-electron chi connectivity index (χ2n) is 7.19. The van der Waals surface area contributed by atoms with Gasteiger partial charge in [0, 0.05) is 13.2 Å². The van der Waals surface area contributed by atoms with E-state index in [0.29, 0.717) is 24.7 Å². The van der Waals surface area contributed by atoms with Crippen molar-refractivity contribution in [1.29, 1.82) is 0 Å². The molecule has 2 aliphatic rings. The molecular formula is C22H23FO3. The van der Waals surface area contributed by atoms with Gasteiger partial charge in [-0.1, -0.05) is 12.1 Å². The first kappa shape index (κ1) is 17.2. The molecule has 0 bridgehead atoms. The van der Waals surface area contributed by atoms with Gasteiger partial charge in [-0.15, -0.1) is 0 Å². The van der Waals surface area contributed by atoms with E-state index < -0.39 is 0 Å². The van der Waals surface area contributed by atoms with Crippen LogP contribution in [0.4, 0.5) is 4.39 Å². The van der Waals surface area contributed by atoms with Crippen molar-refractivity contribution in [2.24, 2.45) is 0 Å². The number of benzene rings is 2. The molecule has 2 fully saturated rings. The Morgan fingerprint density at radius 1 is 1.00 bits per heavy atom. The molecule has 1 aliphatic heterocycles. The van der Waals surface area contributed by atoms with Crippen LogP contribution >= 0.6 is 0 Å². The van der Waals surface area contributed by atoms with Crippen LogP contribution in [0.2, 0.25) is 0 Å². The first-order valence-electron chi connectivity index (χ1n) is 9.27. The summed E-state index contributed by atoms with van der Waals surface area (Å²) in [7, 11) is 1.43. The summed E-state index contributed by atoms with van der Waals surface area (Å²) >= 11 is 0. The maximum Gasteiger partial charge on any atom is 0.338 e. The monoisotopic (exact) mass is 354 g/mol. The molecule has 1 saturated heterocycles. The maximum atomic E-state index is 13.4. The van der Waals surface area contributed by atoms with Crippen LogP contribution in [0.15, 0.2) is 36.4 Å². The van der Waals surface area contributed by atoms with Crippen LogP contribution < -0.4 is 0 Å². The van der Waals surface area contributed by atoms with E-state index in [9.17, 15) is 9.18 Å². The molecular weight excluding hydrogens is 331 g/mol. The second kappa shape index (κ2) is 7.20. The summed E-state index contributed by atoms with van der Waals surface area (Å²) in [5.41, 5.74) is 4.99. The Morgan fingerprint density at radius 3 is 2.27 bits per heavy atom. The molecule has 1 saturated carbocycles. The van der Waals surface area contributed by atoms with Crippen molar-refractivity contribution in [2.75, 3.05) is 20.3 Å². The predicted octanol–water partition coefficient (Wildman–Crippen LogP) is 5.05. The van der Waals surface area contributed by atoms with Crippen LogP contribution in [-0.2, 0) is 9.47 Å². The fraction of sp³-hybridized carbons (Fsp3) is 0.409. The third-order valence-corrected chi connectivity index (χ3v) is 5.46. The SMILES string of the molecule is COC(=O)c1cc(C2CC2)c(-c2ccc(F)cc2)cc1C1CCOCC1. The number of halogens is 1. The fourth-order valence-electron chi connectivity index (χ4n) is 3.88. The first-order chi connectivity index (χ1) is 12.7. The van der Waals surface area contributed by atoms with Gasteiger partial charge in [-0.2, -0.15) is 0 Å². The van der Waals surface area contributed by atoms with Gasteiger partial charge in [0.2, 0.25) is 0 Å². The van der Waals surface area contributed by atoms with E-state index in [1.54, 1.807) is 0 Å². The lowest BCUT2D eigenvalue weighted by molar-refractivity contribution is 0.0592. The number of esters is 1. The molecule has 2 aromatic carbocycles. The maximum absolute atomic E-state index is 13.4. The molecule has 0 N–H and O–H groups in total. The first-order valence-corrected chi connectivity index (χ1v) is 9.27. The van der Waals surface area contributed by atoms with Gasteiger partial charge in [0.05, 0.1) is 12.7 Å². The predicted molar refractivity (Wildman–Crippen MR) is 97.9 cm³/mol. The van der Waals surface area contributed by atoms with Gasteiger partial charge in [0.25, 0.3) is 0 Å². The lowest BCUT2D eigenvalue weighted by atomic mass is 9.83. The highest BCUT2D eigenvalue weighted by atomic mass is 19.1. The third-order valence-electron chi connectivity index (χ3n) is 5.46. The van der Waals surface area contributed by atoms with Gasteiger partial charge in [-0.3, -0.25) is 0 Å². The molecule has 0 unspecified atom stereocenters. The largest absolute Gasteiger partial charge is 0.465 e. The highest BCUT2D eigenvalue weighted by Crippen LogP contribution is 2.46. The molecule has 1 heterocycles. The number of methoxy groups -OCH3 is 1. The van der Waals surface area contributed by atoms with Crippen molar-refractivity contribution in [3.63, 3.8) is 0 Å². The van der Waals surface area contributed by atoms with Crippen molar-refractivity contribution in [3.05, 3.63) is 58.9 Å². The Kier molecular flexibility index (Phi) is 4.77. The molecule has 4 heteroatoms. The van der Waals surface area contributed by atoms with E-state index in [0.717, 1.165) is 42.4 Å². The van der Waals surface area contributed by atoms with Crippen LogP contribution in [0.1, 0.15) is 59.0 Å². The van der Waals surface area contributed by atoms with Gasteiger partial charge in [-0.05, 0) is 84.0 Å². The van der Waals surface area contributed by atoms with Gasteiger partial charge < -0.3 is 9.47 Å². The van der Waals surface area contributed by atoms with E-state index in [-0.39, 0.29) is 17.7 Å². The molecule has 3 nitrogen and oxygen atoms in total. The lowest BCUT2D eigenvalue weighted by Gasteiger charge is -2.26. The normalized spacial score (nSPS) is 17.9. The molecule has 0 radical (unpaired) electrons. The van der Waals surface area contributed by atoms with Crippen molar-refractivity contribution < 1.29 is 18.7 Å². The van der Waals surface area contributed by atoms with E-state index in [1.165, 1.54) is 24.8 Å². The standard InChI is InChI=1S/C22H23FO3/c1-25-22(24)21-13-19(14-2-3-14)18(15-4-6-17(23)7-5-15)12-20(21)16-8-10-26-11-9-16/h4-7,12-14,16H,2-3,8-11H2,1H3. The highest BCUT2D eigenvalue weighted by molar-refractivity contribution is 5.93. The van der Waals surface area contributed by atoms with E-state index in [2.05, 4.69) is 6.07 Å². The van der Waals surface area contributed by atoms with Crippen molar-refractivity contribution >= 4 is 5.97 Å². The molecule has 1 aliphatic carbocycles. The van der Waals surface area contributed by atoms with Gasteiger partial charge in [0.15, 0.2) is 0 Å². The van der Waals surface area contributed by atoms with Crippen molar-refractivity contribution in [1.82, 2.24) is 0 Å². The summed E-state index contributed by atoms with van der Waals surface area (Å²) in [5.74, 6) is 0.240. The summed E-state index contributed by atoms with van der Waals surface area (Å²) in [4.78, 5) is 12.5. The zero-order valence-corrected chi connectivity index (χ0v) is 15.0. The Balaban J connectivity index is 1.86. The van der Waals surface area contributed by atoms with Crippen LogP contribution in [0.5, 0.6) is 0 Å².